The lowest BCUT2D eigenvalue weighted by Crippen LogP contribution is -2.29. The quantitative estimate of drug-likeness (QED) is 0.835. The lowest BCUT2D eigenvalue weighted by atomic mass is 9.89. The minimum absolute atomic E-state index is 0.0728. The maximum atomic E-state index is 11.7. The fourth-order valence-corrected chi connectivity index (χ4v) is 1.27. The van der Waals surface area contributed by atoms with Gasteiger partial charge in [-0.15, -0.1) is 0 Å². The van der Waals surface area contributed by atoms with Crippen molar-refractivity contribution >= 4 is 17.6 Å². The Morgan fingerprint density at radius 1 is 1.47 bits per heavy atom. The molecule has 0 unspecified atom stereocenters. The van der Waals surface area contributed by atoms with Gasteiger partial charge < -0.3 is 10.4 Å². The lowest BCUT2D eigenvalue weighted by molar-refractivity contribution is -0.148. The van der Waals surface area contributed by atoms with Crippen LogP contribution < -0.4 is 5.32 Å². The first kappa shape index (κ1) is 13.2. The van der Waals surface area contributed by atoms with Crippen LogP contribution in [-0.4, -0.2) is 22.0 Å². The monoisotopic (exact) mass is 236 g/mol. The number of carboxylic acid groups (broad SMARTS) is 1. The summed E-state index contributed by atoms with van der Waals surface area (Å²) < 4.78 is 0. The summed E-state index contributed by atoms with van der Waals surface area (Å²) in [6.45, 7) is 4.88. The van der Waals surface area contributed by atoms with Gasteiger partial charge >= 0.3 is 5.97 Å². The normalized spacial score (nSPS) is 11.0. The Labute approximate surface area is 99.9 Å². The lowest BCUT2D eigenvalue weighted by Gasteiger charge is -2.18. The number of carbonyl (C=O) groups is 2. The summed E-state index contributed by atoms with van der Waals surface area (Å²) in [6, 6.07) is 1.78. The van der Waals surface area contributed by atoms with Gasteiger partial charge in [-0.25, -0.2) is 0 Å². The Morgan fingerprint density at radius 2 is 2.12 bits per heavy atom. The SMILES string of the molecule is Cc1ccncc1NC(=O)CC(C)(C)C(=O)O. The van der Waals surface area contributed by atoms with Crippen molar-refractivity contribution in [1.29, 1.82) is 0 Å². The third kappa shape index (κ3) is 3.55. The van der Waals surface area contributed by atoms with Gasteiger partial charge in [0, 0.05) is 12.6 Å². The number of hydrogen-bond acceptors (Lipinski definition) is 3. The molecule has 0 radical (unpaired) electrons. The van der Waals surface area contributed by atoms with Gasteiger partial charge in [-0.2, -0.15) is 0 Å². The van der Waals surface area contributed by atoms with Gasteiger partial charge in [-0.3, -0.25) is 14.6 Å². The molecule has 1 aromatic rings. The molecule has 0 fully saturated rings. The Balaban J connectivity index is 2.69. The molecule has 0 aliphatic rings. The highest BCUT2D eigenvalue weighted by atomic mass is 16.4. The van der Waals surface area contributed by atoms with E-state index in [1.165, 1.54) is 13.8 Å². The average Bonchev–Trinajstić information content (AvgIpc) is 2.20. The molecule has 5 heteroatoms. The van der Waals surface area contributed by atoms with Gasteiger partial charge in [0.15, 0.2) is 0 Å². The third-order valence-electron chi connectivity index (χ3n) is 2.49. The summed E-state index contributed by atoms with van der Waals surface area (Å²) in [5.74, 6) is -1.32. The highest BCUT2D eigenvalue weighted by molar-refractivity contribution is 5.94. The van der Waals surface area contributed by atoms with Gasteiger partial charge in [-0.1, -0.05) is 0 Å². The Bertz CT molecular complexity index is 441. The van der Waals surface area contributed by atoms with Gasteiger partial charge in [0.1, 0.15) is 0 Å². The van der Waals surface area contributed by atoms with E-state index >= 15 is 0 Å². The van der Waals surface area contributed by atoms with Crippen molar-refractivity contribution in [3.63, 3.8) is 0 Å². The van der Waals surface area contributed by atoms with Crippen molar-refractivity contribution in [1.82, 2.24) is 4.98 Å². The van der Waals surface area contributed by atoms with Crippen molar-refractivity contribution in [2.75, 3.05) is 5.32 Å². The number of amides is 1. The van der Waals surface area contributed by atoms with Crippen LogP contribution in [0.3, 0.4) is 0 Å². The zero-order valence-electron chi connectivity index (χ0n) is 10.2. The fraction of sp³-hybridized carbons (Fsp3) is 0.417. The standard InChI is InChI=1S/C12H16N2O3/c1-8-4-5-13-7-9(8)14-10(15)6-12(2,3)11(16)17/h4-5,7H,6H2,1-3H3,(H,14,15)(H,16,17). The molecule has 2 N–H and O–H groups in total. The van der Waals surface area contributed by atoms with Crippen molar-refractivity contribution < 1.29 is 14.7 Å². The number of aryl methyl sites for hydroxylation is 1. The molecular weight excluding hydrogens is 220 g/mol. The summed E-state index contributed by atoms with van der Waals surface area (Å²) >= 11 is 0. The largest absolute Gasteiger partial charge is 0.481 e. The molecule has 1 aromatic heterocycles. The average molecular weight is 236 g/mol. The Morgan fingerprint density at radius 3 is 2.65 bits per heavy atom. The summed E-state index contributed by atoms with van der Waals surface area (Å²) in [5, 5.41) is 11.6. The van der Waals surface area contributed by atoms with Gasteiger partial charge in [-0.05, 0) is 32.4 Å². The van der Waals surface area contributed by atoms with Crippen LogP contribution in [0.2, 0.25) is 0 Å². The molecule has 0 atom stereocenters. The predicted octanol–water partition coefficient (Wildman–Crippen LogP) is 1.83. The second-order valence-electron chi connectivity index (χ2n) is 4.60. The van der Waals surface area contributed by atoms with Crippen LogP contribution in [0.4, 0.5) is 5.69 Å². The van der Waals surface area contributed by atoms with Crippen molar-refractivity contribution in [2.24, 2.45) is 5.41 Å². The molecule has 17 heavy (non-hydrogen) atoms. The number of hydrogen-bond donors (Lipinski definition) is 2. The zero-order chi connectivity index (χ0) is 13.1. The van der Waals surface area contributed by atoms with E-state index in [-0.39, 0.29) is 12.3 Å². The molecule has 0 bridgehead atoms. The number of carbonyl (C=O) groups excluding carboxylic acids is 1. The smallest absolute Gasteiger partial charge is 0.309 e. The van der Waals surface area contributed by atoms with E-state index in [4.69, 9.17) is 5.11 Å². The van der Waals surface area contributed by atoms with E-state index in [0.717, 1.165) is 5.56 Å². The number of nitrogens with one attached hydrogen (secondary N) is 1. The van der Waals surface area contributed by atoms with Crippen LogP contribution in [0.5, 0.6) is 0 Å². The highest BCUT2D eigenvalue weighted by Crippen LogP contribution is 2.21. The molecule has 0 aromatic carbocycles. The first-order valence-electron chi connectivity index (χ1n) is 5.27. The minimum Gasteiger partial charge on any atom is -0.481 e. The van der Waals surface area contributed by atoms with E-state index in [1.54, 1.807) is 18.5 Å². The van der Waals surface area contributed by atoms with E-state index < -0.39 is 11.4 Å². The summed E-state index contributed by atoms with van der Waals surface area (Å²) in [5.41, 5.74) is 0.431. The molecule has 1 rings (SSSR count). The van der Waals surface area contributed by atoms with Crippen molar-refractivity contribution in [3.8, 4) is 0 Å². The van der Waals surface area contributed by atoms with Gasteiger partial charge in [0.05, 0.1) is 17.3 Å². The fourth-order valence-electron chi connectivity index (χ4n) is 1.27. The first-order valence-corrected chi connectivity index (χ1v) is 5.27. The van der Waals surface area contributed by atoms with Crippen LogP contribution in [0, 0.1) is 12.3 Å². The Kier molecular flexibility index (Phi) is 3.83. The van der Waals surface area contributed by atoms with Crippen LogP contribution in [0.15, 0.2) is 18.5 Å². The Hall–Kier alpha value is -1.91. The molecule has 0 spiro atoms. The zero-order valence-corrected chi connectivity index (χ0v) is 10.2. The van der Waals surface area contributed by atoms with E-state index in [2.05, 4.69) is 10.3 Å². The second-order valence-corrected chi connectivity index (χ2v) is 4.60. The number of carboxylic acids is 1. The number of aromatic nitrogens is 1. The minimum atomic E-state index is -1.07. The van der Waals surface area contributed by atoms with Crippen molar-refractivity contribution in [3.05, 3.63) is 24.0 Å². The number of aliphatic carboxylic acids is 1. The van der Waals surface area contributed by atoms with E-state index in [1.807, 2.05) is 6.92 Å². The maximum absolute atomic E-state index is 11.7. The van der Waals surface area contributed by atoms with E-state index in [9.17, 15) is 9.59 Å². The molecule has 0 aliphatic heterocycles. The third-order valence-corrected chi connectivity index (χ3v) is 2.49. The number of rotatable bonds is 4. The number of anilines is 1. The molecular formula is C12H16N2O3. The molecule has 92 valence electrons. The molecule has 1 heterocycles. The van der Waals surface area contributed by atoms with Crippen molar-refractivity contribution in [2.45, 2.75) is 27.2 Å². The summed E-state index contributed by atoms with van der Waals surface area (Å²) in [7, 11) is 0. The maximum Gasteiger partial charge on any atom is 0.309 e. The molecule has 5 nitrogen and oxygen atoms in total. The number of pyridine rings is 1. The molecule has 1 amide bonds. The first-order chi connectivity index (χ1) is 7.83. The van der Waals surface area contributed by atoms with Gasteiger partial charge in [0.25, 0.3) is 0 Å². The second kappa shape index (κ2) is 4.95. The van der Waals surface area contributed by atoms with Crippen LogP contribution in [0.25, 0.3) is 0 Å². The van der Waals surface area contributed by atoms with Gasteiger partial charge in [0.2, 0.25) is 5.91 Å². The van der Waals surface area contributed by atoms with Crippen LogP contribution in [0.1, 0.15) is 25.8 Å². The summed E-state index contributed by atoms with van der Waals surface area (Å²) in [4.78, 5) is 26.5. The summed E-state index contributed by atoms with van der Waals surface area (Å²) in [6.07, 6.45) is 3.10. The highest BCUT2D eigenvalue weighted by Gasteiger charge is 2.30. The molecule has 0 saturated heterocycles. The molecule has 0 saturated carbocycles. The topological polar surface area (TPSA) is 79.3 Å². The van der Waals surface area contributed by atoms with Crippen LogP contribution >= 0.6 is 0 Å². The molecule has 0 aliphatic carbocycles. The predicted molar refractivity (Wildman–Crippen MR) is 63.6 cm³/mol. The van der Waals surface area contributed by atoms with Crippen LogP contribution in [-0.2, 0) is 9.59 Å². The number of nitrogens with zero attached hydrogens (tertiary/aromatic N) is 1. The van der Waals surface area contributed by atoms with E-state index in [0.29, 0.717) is 5.69 Å².